The van der Waals surface area contributed by atoms with Crippen LogP contribution in [-0.2, 0) is 13.0 Å². The molecule has 142 valence electrons. The maximum Gasteiger partial charge on any atom is 0.387 e. The Bertz CT molecular complexity index is 667. The van der Waals surface area contributed by atoms with Crippen molar-refractivity contribution in [2.45, 2.75) is 19.6 Å². The first-order chi connectivity index (χ1) is 12.6. The summed E-state index contributed by atoms with van der Waals surface area (Å²) in [5.41, 5.74) is 2.12. The van der Waals surface area contributed by atoms with Gasteiger partial charge < -0.3 is 24.3 Å². The monoisotopic (exact) mass is 368 g/mol. The van der Waals surface area contributed by atoms with Gasteiger partial charge in [-0.25, -0.2) is 0 Å². The standard InChI is InChI=1S/C19H23F2NO4/c1-23-15-6-4-13(5-7-15)8-9-22-12-14-10-16(24-2)18(26-19(20)21)17(11-14)25-3/h4-7,10-11,19,22H,8-9,12H2,1-3H3/p+1. The summed E-state index contributed by atoms with van der Waals surface area (Å²) in [5.74, 6) is 1.20. The summed E-state index contributed by atoms with van der Waals surface area (Å²) < 4.78 is 45.1. The van der Waals surface area contributed by atoms with Gasteiger partial charge in [0.1, 0.15) is 12.3 Å². The van der Waals surface area contributed by atoms with Gasteiger partial charge in [-0.05, 0) is 29.8 Å². The van der Waals surface area contributed by atoms with Gasteiger partial charge in [0.2, 0.25) is 5.75 Å². The van der Waals surface area contributed by atoms with Gasteiger partial charge in [-0.15, -0.1) is 0 Å². The third kappa shape index (κ3) is 5.49. The molecule has 2 aromatic carbocycles. The SMILES string of the molecule is COc1ccc(CC[NH2+]Cc2cc(OC)c(OC(F)F)c(OC)c2)cc1. The Morgan fingerprint density at radius 3 is 2.00 bits per heavy atom. The maximum absolute atomic E-state index is 12.6. The van der Waals surface area contributed by atoms with Crippen molar-refractivity contribution < 1.29 is 33.0 Å². The summed E-state index contributed by atoms with van der Waals surface area (Å²) in [6, 6.07) is 11.3. The third-order valence-electron chi connectivity index (χ3n) is 3.90. The minimum Gasteiger partial charge on any atom is -0.497 e. The van der Waals surface area contributed by atoms with Crippen molar-refractivity contribution in [2.75, 3.05) is 27.9 Å². The van der Waals surface area contributed by atoms with E-state index in [1.165, 1.54) is 19.8 Å². The molecule has 7 heteroatoms. The van der Waals surface area contributed by atoms with Gasteiger partial charge in [0.05, 0.1) is 27.9 Å². The van der Waals surface area contributed by atoms with Crippen molar-refractivity contribution in [1.29, 1.82) is 0 Å². The van der Waals surface area contributed by atoms with E-state index in [0.29, 0.717) is 6.54 Å². The topological polar surface area (TPSA) is 53.5 Å². The average molecular weight is 368 g/mol. The second-order valence-electron chi connectivity index (χ2n) is 5.59. The highest BCUT2D eigenvalue weighted by Crippen LogP contribution is 2.39. The van der Waals surface area contributed by atoms with Crippen molar-refractivity contribution in [3.05, 3.63) is 47.5 Å². The van der Waals surface area contributed by atoms with E-state index in [2.05, 4.69) is 10.1 Å². The van der Waals surface area contributed by atoms with Crippen LogP contribution in [-0.4, -0.2) is 34.5 Å². The van der Waals surface area contributed by atoms with Gasteiger partial charge in [0, 0.05) is 12.0 Å². The normalized spacial score (nSPS) is 10.7. The Balaban J connectivity index is 1.95. The summed E-state index contributed by atoms with van der Waals surface area (Å²) in [6.45, 7) is -1.40. The van der Waals surface area contributed by atoms with Crippen molar-refractivity contribution in [1.82, 2.24) is 0 Å². The van der Waals surface area contributed by atoms with Gasteiger partial charge in [0.25, 0.3) is 0 Å². The highest BCUT2D eigenvalue weighted by molar-refractivity contribution is 5.53. The van der Waals surface area contributed by atoms with Crippen molar-refractivity contribution in [3.8, 4) is 23.0 Å². The van der Waals surface area contributed by atoms with Gasteiger partial charge in [0.15, 0.2) is 11.5 Å². The number of quaternary nitrogens is 1. The predicted molar refractivity (Wildman–Crippen MR) is 93.4 cm³/mol. The lowest BCUT2D eigenvalue weighted by atomic mass is 10.1. The van der Waals surface area contributed by atoms with Gasteiger partial charge in [-0.3, -0.25) is 0 Å². The maximum atomic E-state index is 12.6. The molecular formula is C19H24F2NO4+. The number of ether oxygens (including phenoxy) is 4. The third-order valence-corrected chi connectivity index (χ3v) is 3.90. The van der Waals surface area contributed by atoms with E-state index in [1.54, 1.807) is 19.2 Å². The zero-order valence-electron chi connectivity index (χ0n) is 15.1. The van der Waals surface area contributed by atoms with Crippen LogP contribution in [0.4, 0.5) is 8.78 Å². The molecule has 0 aliphatic rings. The largest absolute Gasteiger partial charge is 0.497 e. The van der Waals surface area contributed by atoms with Gasteiger partial charge in [-0.2, -0.15) is 8.78 Å². The van der Waals surface area contributed by atoms with Crippen LogP contribution in [0.15, 0.2) is 36.4 Å². The van der Waals surface area contributed by atoms with Gasteiger partial charge >= 0.3 is 6.61 Å². The molecule has 2 N–H and O–H groups in total. The Morgan fingerprint density at radius 1 is 0.885 bits per heavy atom. The molecule has 0 spiro atoms. The van der Waals surface area contributed by atoms with Crippen LogP contribution >= 0.6 is 0 Å². The quantitative estimate of drug-likeness (QED) is 0.655. The van der Waals surface area contributed by atoms with E-state index in [1.807, 2.05) is 24.3 Å². The first kappa shape index (κ1) is 19.8. The lowest BCUT2D eigenvalue weighted by Gasteiger charge is -2.15. The summed E-state index contributed by atoms with van der Waals surface area (Å²) in [6.07, 6.45) is 0.908. The fraction of sp³-hybridized carbons (Fsp3) is 0.368. The molecule has 0 heterocycles. The predicted octanol–water partition coefficient (Wildman–Crippen LogP) is 2.62. The van der Waals surface area contributed by atoms with E-state index < -0.39 is 6.61 Å². The molecule has 0 saturated heterocycles. The number of benzene rings is 2. The second-order valence-corrected chi connectivity index (χ2v) is 5.59. The van der Waals surface area contributed by atoms with Crippen LogP contribution in [0.5, 0.6) is 23.0 Å². The van der Waals surface area contributed by atoms with Crippen molar-refractivity contribution in [2.24, 2.45) is 0 Å². The Morgan fingerprint density at radius 2 is 1.50 bits per heavy atom. The fourth-order valence-corrected chi connectivity index (χ4v) is 2.59. The molecule has 26 heavy (non-hydrogen) atoms. The first-order valence-electron chi connectivity index (χ1n) is 8.21. The number of hydrogen-bond acceptors (Lipinski definition) is 4. The lowest BCUT2D eigenvalue weighted by molar-refractivity contribution is -0.670. The summed E-state index contributed by atoms with van der Waals surface area (Å²) in [7, 11) is 4.46. The fourth-order valence-electron chi connectivity index (χ4n) is 2.59. The first-order valence-corrected chi connectivity index (χ1v) is 8.21. The van der Waals surface area contributed by atoms with Crippen LogP contribution in [0.1, 0.15) is 11.1 Å². The highest BCUT2D eigenvalue weighted by atomic mass is 19.3. The van der Waals surface area contributed by atoms with Crippen LogP contribution in [0.25, 0.3) is 0 Å². The molecule has 0 atom stereocenters. The molecule has 0 amide bonds. The molecule has 2 aromatic rings. The van der Waals surface area contributed by atoms with Gasteiger partial charge in [-0.1, -0.05) is 12.1 Å². The number of rotatable bonds is 10. The smallest absolute Gasteiger partial charge is 0.387 e. The number of halogens is 2. The molecule has 0 aliphatic heterocycles. The van der Waals surface area contributed by atoms with Crippen LogP contribution in [0.2, 0.25) is 0 Å². The molecule has 0 radical (unpaired) electrons. The van der Waals surface area contributed by atoms with E-state index in [4.69, 9.17) is 14.2 Å². The second kappa shape index (κ2) is 9.82. The minimum atomic E-state index is -2.94. The van der Waals surface area contributed by atoms with Crippen LogP contribution in [0, 0.1) is 0 Å². The molecule has 5 nitrogen and oxygen atoms in total. The summed E-state index contributed by atoms with van der Waals surface area (Å²) >= 11 is 0. The van der Waals surface area contributed by atoms with E-state index in [-0.39, 0.29) is 17.2 Å². The van der Waals surface area contributed by atoms with E-state index in [9.17, 15) is 8.78 Å². The molecule has 0 aliphatic carbocycles. The summed E-state index contributed by atoms with van der Waals surface area (Å²) in [4.78, 5) is 0. The Kier molecular flexibility index (Phi) is 7.47. The Hall–Kier alpha value is -2.54. The highest BCUT2D eigenvalue weighted by Gasteiger charge is 2.18. The number of nitrogens with two attached hydrogens (primary N) is 1. The molecule has 2 rings (SSSR count). The number of methoxy groups -OCH3 is 3. The summed E-state index contributed by atoms with van der Waals surface area (Å²) in [5, 5.41) is 2.13. The minimum absolute atomic E-state index is 0.0908. The molecular weight excluding hydrogens is 344 g/mol. The Labute approximate surface area is 151 Å². The van der Waals surface area contributed by atoms with Crippen LogP contribution in [0.3, 0.4) is 0 Å². The van der Waals surface area contributed by atoms with Crippen LogP contribution < -0.4 is 24.3 Å². The molecule has 0 aromatic heterocycles. The molecule has 0 bridgehead atoms. The average Bonchev–Trinajstić information content (AvgIpc) is 2.65. The van der Waals surface area contributed by atoms with Crippen molar-refractivity contribution in [3.63, 3.8) is 0 Å². The van der Waals surface area contributed by atoms with E-state index >= 15 is 0 Å². The lowest BCUT2D eigenvalue weighted by Crippen LogP contribution is -2.83. The van der Waals surface area contributed by atoms with Crippen molar-refractivity contribution >= 4 is 0 Å². The molecule has 0 saturated carbocycles. The van der Waals surface area contributed by atoms with E-state index in [0.717, 1.165) is 24.3 Å². The number of alkyl halides is 2. The zero-order chi connectivity index (χ0) is 18.9. The zero-order valence-corrected chi connectivity index (χ0v) is 15.1. The number of hydrogen-bond donors (Lipinski definition) is 1. The molecule has 0 fully saturated rings. The molecule has 0 unspecified atom stereocenters.